The molecule has 0 spiro atoms. The zero-order valence-corrected chi connectivity index (χ0v) is 19.8. The molecule has 1 aliphatic heterocycles. The fourth-order valence-corrected chi connectivity index (χ4v) is 5.02. The van der Waals surface area contributed by atoms with E-state index in [-0.39, 0.29) is 11.8 Å². The van der Waals surface area contributed by atoms with Gasteiger partial charge < -0.3 is 5.32 Å². The zero-order chi connectivity index (χ0) is 22.7. The van der Waals surface area contributed by atoms with E-state index in [0.717, 1.165) is 28.4 Å². The Morgan fingerprint density at radius 3 is 2.78 bits per heavy atom. The van der Waals surface area contributed by atoms with Crippen LogP contribution in [0.1, 0.15) is 25.7 Å². The molecule has 0 bridgehead atoms. The Bertz CT molecular complexity index is 1150. The number of piperazine rings is 1. The van der Waals surface area contributed by atoms with Gasteiger partial charge in [0.05, 0.1) is 11.4 Å². The van der Waals surface area contributed by atoms with Gasteiger partial charge in [0.25, 0.3) is 5.91 Å². The number of nitrogens with one attached hydrogen (secondary N) is 1. The first-order valence-corrected chi connectivity index (χ1v) is 11.7. The van der Waals surface area contributed by atoms with E-state index in [0.29, 0.717) is 41.1 Å². The minimum atomic E-state index is -0.154. The van der Waals surface area contributed by atoms with Crippen LogP contribution in [0.3, 0.4) is 0 Å². The Hall–Kier alpha value is -2.45. The van der Waals surface area contributed by atoms with Crippen molar-refractivity contribution in [1.82, 2.24) is 15.2 Å². The number of rotatable bonds is 6. The summed E-state index contributed by atoms with van der Waals surface area (Å²) in [7, 11) is 0. The number of nitrogens with zero attached hydrogens (tertiary/aromatic N) is 3. The van der Waals surface area contributed by atoms with Crippen molar-refractivity contribution < 1.29 is 9.59 Å². The molecule has 4 rings (SSSR count). The summed E-state index contributed by atoms with van der Waals surface area (Å²) in [4.78, 5) is 35.1. The minimum absolute atomic E-state index is 0.0346. The Morgan fingerprint density at radius 2 is 2.03 bits per heavy atom. The number of pyridine rings is 1. The van der Waals surface area contributed by atoms with E-state index < -0.39 is 0 Å². The predicted octanol–water partition coefficient (Wildman–Crippen LogP) is 4.54. The lowest BCUT2D eigenvalue weighted by molar-refractivity contribution is -0.121. The molecule has 1 saturated heterocycles. The largest absolute Gasteiger partial charge is 0.347 e. The van der Waals surface area contributed by atoms with Crippen LogP contribution in [0.4, 0.5) is 5.82 Å². The second-order valence-electron chi connectivity index (χ2n) is 7.58. The van der Waals surface area contributed by atoms with E-state index in [1.165, 1.54) is 11.3 Å². The Morgan fingerprint density at radius 1 is 1.19 bits per heavy atom. The van der Waals surface area contributed by atoms with Gasteiger partial charge in [0.1, 0.15) is 5.82 Å². The molecule has 1 fully saturated rings. The molecule has 6 nitrogen and oxygen atoms in total. The molecule has 0 radical (unpaired) electrons. The third-order valence-corrected chi connectivity index (χ3v) is 6.91. The van der Waals surface area contributed by atoms with Crippen molar-refractivity contribution in [2.75, 3.05) is 24.5 Å². The molecule has 3 aromatic rings. The van der Waals surface area contributed by atoms with Crippen LogP contribution < -0.4 is 10.2 Å². The van der Waals surface area contributed by atoms with Crippen molar-refractivity contribution in [2.24, 2.45) is 0 Å². The van der Waals surface area contributed by atoms with Gasteiger partial charge in [0, 0.05) is 47.3 Å². The lowest BCUT2D eigenvalue weighted by Crippen LogP contribution is -2.50. The number of carbonyl (C=O) groups excluding carboxylic acids is 2. The Balaban J connectivity index is 1.32. The summed E-state index contributed by atoms with van der Waals surface area (Å²) >= 11 is 13.5. The average Bonchev–Trinajstić information content (AvgIpc) is 3.22. The third kappa shape index (κ3) is 5.30. The smallest absolute Gasteiger partial charge is 0.261 e. The molecule has 0 unspecified atom stereocenters. The summed E-state index contributed by atoms with van der Waals surface area (Å²) < 4.78 is 0. The van der Waals surface area contributed by atoms with E-state index in [1.807, 2.05) is 31.2 Å². The Kier molecular flexibility index (Phi) is 7.10. The van der Waals surface area contributed by atoms with E-state index >= 15 is 0 Å². The number of anilines is 1. The molecule has 166 valence electrons. The molecule has 2 amide bonds. The summed E-state index contributed by atoms with van der Waals surface area (Å²) in [6.45, 7) is 4.58. The highest BCUT2D eigenvalue weighted by Gasteiger charge is 2.27. The predicted molar refractivity (Wildman–Crippen MR) is 129 cm³/mol. The van der Waals surface area contributed by atoms with Crippen LogP contribution in [-0.4, -0.2) is 41.3 Å². The van der Waals surface area contributed by atoms with E-state index in [9.17, 15) is 9.59 Å². The summed E-state index contributed by atoms with van der Waals surface area (Å²) in [6, 6.07) is 12.8. The molecular formula is C23H22Cl2N4O2S. The van der Waals surface area contributed by atoms with Crippen LogP contribution >= 0.6 is 34.5 Å². The normalized spacial score (nSPS) is 14.6. The Labute approximate surface area is 200 Å². The van der Waals surface area contributed by atoms with Gasteiger partial charge in [-0.3, -0.25) is 19.4 Å². The van der Waals surface area contributed by atoms with Crippen molar-refractivity contribution >= 4 is 52.2 Å². The number of carbonyl (C=O) groups is 2. The number of hydrogen-bond donors (Lipinski definition) is 1. The maximum atomic E-state index is 12.7. The van der Waals surface area contributed by atoms with Gasteiger partial charge in [-0.25, -0.2) is 4.98 Å². The summed E-state index contributed by atoms with van der Waals surface area (Å²) in [5, 5.41) is 3.97. The van der Waals surface area contributed by atoms with Crippen molar-refractivity contribution in [3.63, 3.8) is 0 Å². The molecular weight excluding hydrogens is 467 g/mol. The van der Waals surface area contributed by atoms with Gasteiger partial charge in [-0.2, -0.15) is 0 Å². The number of amides is 2. The number of hydrogen-bond acceptors (Lipinski definition) is 5. The number of aromatic nitrogens is 1. The van der Waals surface area contributed by atoms with E-state index in [1.54, 1.807) is 29.3 Å². The summed E-state index contributed by atoms with van der Waals surface area (Å²) in [5.74, 6) is 0.610. The highest BCUT2D eigenvalue weighted by molar-refractivity contribution is 7.14. The quantitative estimate of drug-likeness (QED) is 0.553. The van der Waals surface area contributed by atoms with Crippen LogP contribution in [0.2, 0.25) is 10.0 Å². The molecule has 1 aromatic carbocycles. The van der Waals surface area contributed by atoms with Gasteiger partial charge in [-0.1, -0.05) is 35.3 Å². The van der Waals surface area contributed by atoms with Crippen LogP contribution in [0.25, 0.3) is 0 Å². The lowest BCUT2D eigenvalue weighted by atomic mass is 10.2. The minimum Gasteiger partial charge on any atom is -0.347 e. The van der Waals surface area contributed by atoms with Gasteiger partial charge in [-0.05, 0) is 48.4 Å². The monoisotopic (exact) mass is 488 g/mol. The number of benzene rings is 1. The van der Waals surface area contributed by atoms with Gasteiger partial charge in [-0.15, -0.1) is 11.3 Å². The first kappa shape index (κ1) is 22.7. The number of halogens is 2. The SMILES string of the molecule is Cc1cccnc1N1CCN(Cc2ccc(C(=O)NCc3ccc(Cl)cc3Cl)s2)CC1=O. The molecule has 3 heterocycles. The van der Waals surface area contributed by atoms with Crippen molar-refractivity contribution in [1.29, 1.82) is 0 Å². The van der Waals surface area contributed by atoms with Crippen molar-refractivity contribution in [3.05, 3.63) is 79.6 Å². The molecule has 9 heteroatoms. The molecule has 1 N–H and O–H groups in total. The van der Waals surface area contributed by atoms with Crippen LogP contribution in [-0.2, 0) is 17.9 Å². The standard InChI is InChI=1S/C23H22Cl2N4O2S/c1-15-3-2-8-26-22(15)29-10-9-28(14-21(29)30)13-18-6-7-20(32-18)23(31)27-12-16-4-5-17(24)11-19(16)25/h2-8,11H,9-10,12-14H2,1H3,(H,27,31). The van der Waals surface area contributed by atoms with Crippen LogP contribution in [0, 0.1) is 6.92 Å². The fraction of sp³-hybridized carbons (Fsp3) is 0.261. The van der Waals surface area contributed by atoms with E-state index in [4.69, 9.17) is 23.2 Å². The molecule has 0 atom stereocenters. The zero-order valence-electron chi connectivity index (χ0n) is 17.5. The number of aryl methyl sites for hydroxylation is 1. The van der Waals surface area contributed by atoms with Gasteiger partial charge in [0.2, 0.25) is 5.91 Å². The summed E-state index contributed by atoms with van der Waals surface area (Å²) in [5.41, 5.74) is 1.80. The second-order valence-corrected chi connectivity index (χ2v) is 9.60. The van der Waals surface area contributed by atoms with E-state index in [2.05, 4.69) is 15.2 Å². The maximum absolute atomic E-state index is 12.7. The topological polar surface area (TPSA) is 65.5 Å². The first-order valence-electron chi connectivity index (χ1n) is 10.2. The van der Waals surface area contributed by atoms with Crippen LogP contribution in [0.5, 0.6) is 0 Å². The van der Waals surface area contributed by atoms with Gasteiger partial charge >= 0.3 is 0 Å². The van der Waals surface area contributed by atoms with Crippen LogP contribution in [0.15, 0.2) is 48.7 Å². The molecule has 1 aliphatic rings. The fourth-order valence-electron chi connectivity index (χ4n) is 3.57. The van der Waals surface area contributed by atoms with Gasteiger partial charge in [0.15, 0.2) is 0 Å². The van der Waals surface area contributed by atoms with Crippen molar-refractivity contribution in [3.8, 4) is 0 Å². The highest BCUT2D eigenvalue weighted by atomic mass is 35.5. The molecule has 0 saturated carbocycles. The molecule has 0 aliphatic carbocycles. The average molecular weight is 489 g/mol. The summed E-state index contributed by atoms with van der Waals surface area (Å²) in [6.07, 6.45) is 1.71. The lowest BCUT2D eigenvalue weighted by Gasteiger charge is -2.34. The molecule has 2 aromatic heterocycles. The molecule has 32 heavy (non-hydrogen) atoms. The highest BCUT2D eigenvalue weighted by Crippen LogP contribution is 2.23. The maximum Gasteiger partial charge on any atom is 0.261 e. The third-order valence-electron chi connectivity index (χ3n) is 5.26. The number of thiophene rings is 1. The first-order chi connectivity index (χ1) is 15.4. The van der Waals surface area contributed by atoms with Crippen molar-refractivity contribution in [2.45, 2.75) is 20.0 Å². The second kappa shape index (κ2) is 10.0.